The second-order valence-electron chi connectivity index (χ2n) is 8.80. The molecule has 3 heteroatoms. The van der Waals surface area contributed by atoms with Crippen LogP contribution in [0.3, 0.4) is 0 Å². The molecular weight excluding hydrogens is 382 g/mol. The molecule has 0 amide bonds. The van der Waals surface area contributed by atoms with Crippen LogP contribution in [0, 0.1) is 5.92 Å². The van der Waals surface area contributed by atoms with Crippen molar-refractivity contribution in [3.05, 3.63) is 107 Å². The second-order valence-corrected chi connectivity index (χ2v) is 8.80. The second kappa shape index (κ2) is 8.07. The minimum atomic E-state index is -0.334. The molecule has 0 unspecified atom stereocenters. The third-order valence-corrected chi connectivity index (χ3v) is 6.51. The number of rotatable bonds is 4. The molecule has 5 rings (SSSR count). The SMILES string of the molecule is CC(C)c1ccc2c(c1)[C@@H]1C=CC[C@@H]1[C@H](c1ccc(OC(=O)c3ccccc3)cc1)N2. The molecule has 0 bridgehead atoms. The summed E-state index contributed by atoms with van der Waals surface area (Å²) in [6.45, 7) is 4.49. The van der Waals surface area contributed by atoms with Crippen molar-refractivity contribution in [3.8, 4) is 5.75 Å². The third-order valence-electron chi connectivity index (χ3n) is 6.51. The number of allylic oxidation sites excluding steroid dienone is 2. The van der Waals surface area contributed by atoms with Crippen LogP contribution in [-0.4, -0.2) is 5.97 Å². The Hall–Kier alpha value is -3.33. The predicted octanol–water partition coefficient (Wildman–Crippen LogP) is 6.86. The maximum Gasteiger partial charge on any atom is 0.343 e. The summed E-state index contributed by atoms with van der Waals surface area (Å²) in [6, 6.07) is 24.1. The number of nitrogens with one attached hydrogen (secondary N) is 1. The Kier molecular flexibility index (Phi) is 5.11. The van der Waals surface area contributed by atoms with E-state index in [-0.39, 0.29) is 12.0 Å². The van der Waals surface area contributed by atoms with E-state index >= 15 is 0 Å². The highest BCUT2D eigenvalue weighted by molar-refractivity contribution is 5.90. The van der Waals surface area contributed by atoms with E-state index < -0.39 is 0 Å². The van der Waals surface area contributed by atoms with Crippen LogP contribution in [0.1, 0.15) is 65.2 Å². The molecule has 0 radical (unpaired) electrons. The molecule has 0 saturated heterocycles. The highest BCUT2D eigenvalue weighted by Gasteiger charge is 2.38. The van der Waals surface area contributed by atoms with E-state index in [9.17, 15) is 4.79 Å². The number of fused-ring (bicyclic) bond motifs is 3. The van der Waals surface area contributed by atoms with E-state index in [2.05, 4.69) is 61.6 Å². The number of hydrogen-bond donors (Lipinski definition) is 1. The van der Waals surface area contributed by atoms with Crippen molar-refractivity contribution in [1.82, 2.24) is 0 Å². The Morgan fingerprint density at radius 1 is 1.00 bits per heavy atom. The third kappa shape index (κ3) is 3.76. The number of anilines is 1. The Labute approximate surface area is 183 Å². The van der Waals surface area contributed by atoms with Crippen LogP contribution in [0.4, 0.5) is 5.69 Å². The van der Waals surface area contributed by atoms with Gasteiger partial charge in [-0.1, -0.05) is 68.5 Å². The van der Waals surface area contributed by atoms with Crippen LogP contribution in [-0.2, 0) is 0 Å². The van der Waals surface area contributed by atoms with E-state index in [0.717, 1.165) is 6.42 Å². The van der Waals surface area contributed by atoms with Crippen molar-refractivity contribution < 1.29 is 9.53 Å². The minimum Gasteiger partial charge on any atom is -0.423 e. The number of carbonyl (C=O) groups excluding carboxylic acids is 1. The number of benzene rings is 3. The monoisotopic (exact) mass is 409 g/mol. The van der Waals surface area contributed by atoms with Gasteiger partial charge in [0.1, 0.15) is 5.75 Å². The molecule has 31 heavy (non-hydrogen) atoms. The fourth-order valence-corrected chi connectivity index (χ4v) is 4.79. The van der Waals surface area contributed by atoms with Gasteiger partial charge in [0, 0.05) is 11.6 Å². The van der Waals surface area contributed by atoms with E-state index in [1.165, 1.54) is 22.4 Å². The highest BCUT2D eigenvalue weighted by Crippen LogP contribution is 2.50. The molecule has 3 aromatic carbocycles. The molecule has 0 saturated carbocycles. The molecule has 0 spiro atoms. The van der Waals surface area contributed by atoms with E-state index in [0.29, 0.717) is 29.1 Å². The fourth-order valence-electron chi connectivity index (χ4n) is 4.79. The summed E-state index contributed by atoms with van der Waals surface area (Å²) < 4.78 is 5.55. The summed E-state index contributed by atoms with van der Waals surface area (Å²) >= 11 is 0. The first-order chi connectivity index (χ1) is 15.1. The first kappa shape index (κ1) is 19.6. The standard InChI is InChI=1S/C28H27NO2/c1-18(2)21-13-16-26-25(17-21)23-9-6-10-24(23)27(29-26)19-11-14-22(15-12-19)31-28(30)20-7-4-3-5-8-20/h3-9,11-18,23-24,27,29H,10H2,1-2H3/t23-,24+,27+/m1/s1. The van der Waals surface area contributed by atoms with Gasteiger partial charge >= 0.3 is 5.97 Å². The van der Waals surface area contributed by atoms with Gasteiger partial charge in [-0.15, -0.1) is 0 Å². The lowest BCUT2D eigenvalue weighted by Gasteiger charge is -2.38. The van der Waals surface area contributed by atoms with Gasteiger partial charge in [-0.2, -0.15) is 0 Å². The molecule has 2 aliphatic rings. The van der Waals surface area contributed by atoms with Crippen LogP contribution in [0.2, 0.25) is 0 Å². The normalized spacial score (nSPS) is 21.3. The molecule has 156 valence electrons. The zero-order valence-corrected chi connectivity index (χ0v) is 17.9. The van der Waals surface area contributed by atoms with E-state index in [4.69, 9.17) is 4.74 Å². The Bertz CT molecular complexity index is 1120. The van der Waals surface area contributed by atoms with Crippen LogP contribution >= 0.6 is 0 Å². The van der Waals surface area contributed by atoms with Crippen LogP contribution in [0.25, 0.3) is 0 Å². The fraction of sp³-hybridized carbons (Fsp3) is 0.250. The summed E-state index contributed by atoms with van der Waals surface area (Å²) in [7, 11) is 0. The van der Waals surface area contributed by atoms with Crippen molar-refractivity contribution in [3.63, 3.8) is 0 Å². The summed E-state index contributed by atoms with van der Waals surface area (Å²) in [5, 5.41) is 3.79. The lowest BCUT2D eigenvalue weighted by molar-refractivity contribution is 0.0734. The average molecular weight is 410 g/mol. The molecule has 3 nitrogen and oxygen atoms in total. The van der Waals surface area contributed by atoms with Crippen LogP contribution < -0.4 is 10.1 Å². The highest BCUT2D eigenvalue weighted by atomic mass is 16.5. The van der Waals surface area contributed by atoms with Gasteiger partial charge < -0.3 is 10.1 Å². The molecule has 0 aromatic heterocycles. The van der Waals surface area contributed by atoms with Gasteiger partial charge in [0.2, 0.25) is 0 Å². The van der Waals surface area contributed by atoms with Crippen molar-refractivity contribution in [2.75, 3.05) is 5.32 Å². The summed E-state index contributed by atoms with van der Waals surface area (Å²) in [4.78, 5) is 12.3. The topological polar surface area (TPSA) is 38.3 Å². The Morgan fingerprint density at radius 3 is 2.52 bits per heavy atom. The average Bonchev–Trinajstić information content (AvgIpc) is 3.30. The van der Waals surface area contributed by atoms with Crippen molar-refractivity contribution >= 4 is 11.7 Å². The zero-order valence-electron chi connectivity index (χ0n) is 17.9. The molecular formula is C28H27NO2. The molecule has 1 heterocycles. The van der Waals surface area contributed by atoms with Gasteiger partial charge in [0.25, 0.3) is 0 Å². The summed E-state index contributed by atoms with van der Waals surface area (Å²) in [5.41, 5.74) is 5.80. The van der Waals surface area contributed by atoms with Gasteiger partial charge in [-0.25, -0.2) is 4.79 Å². The molecule has 3 atom stereocenters. The number of hydrogen-bond acceptors (Lipinski definition) is 3. The summed E-state index contributed by atoms with van der Waals surface area (Å²) in [5.74, 6) is 1.69. The lowest BCUT2D eigenvalue weighted by atomic mass is 9.76. The predicted molar refractivity (Wildman–Crippen MR) is 125 cm³/mol. The van der Waals surface area contributed by atoms with Gasteiger partial charge in [0.05, 0.1) is 11.6 Å². The Morgan fingerprint density at radius 2 is 1.77 bits per heavy atom. The molecule has 3 aromatic rings. The first-order valence-corrected chi connectivity index (χ1v) is 11.0. The molecule has 1 N–H and O–H groups in total. The van der Waals surface area contributed by atoms with Crippen molar-refractivity contribution in [2.45, 2.75) is 38.1 Å². The van der Waals surface area contributed by atoms with Crippen molar-refractivity contribution in [1.29, 1.82) is 0 Å². The quantitative estimate of drug-likeness (QED) is 0.291. The first-order valence-electron chi connectivity index (χ1n) is 11.0. The maximum absolute atomic E-state index is 12.3. The summed E-state index contributed by atoms with van der Waals surface area (Å²) in [6.07, 6.45) is 5.76. The molecule has 0 fully saturated rings. The van der Waals surface area contributed by atoms with Crippen LogP contribution in [0.15, 0.2) is 84.9 Å². The van der Waals surface area contributed by atoms with E-state index in [1.54, 1.807) is 12.1 Å². The van der Waals surface area contributed by atoms with Crippen LogP contribution in [0.5, 0.6) is 5.75 Å². The van der Waals surface area contributed by atoms with Gasteiger partial charge in [0.15, 0.2) is 0 Å². The largest absolute Gasteiger partial charge is 0.423 e. The maximum atomic E-state index is 12.3. The molecule has 1 aliphatic carbocycles. The van der Waals surface area contributed by atoms with Crippen molar-refractivity contribution in [2.24, 2.45) is 5.92 Å². The Balaban J connectivity index is 1.37. The smallest absolute Gasteiger partial charge is 0.343 e. The lowest BCUT2D eigenvalue weighted by Crippen LogP contribution is -2.29. The minimum absolute atomic E-state index is 0.233. The molecule has 1 aliphatic heterocycles. The number of carbonyl (C=O) groups is 1. The van der Waals surface area contributed by atoms with E-state index in [1.807, 2.05) is 30.3 Å². The number of ether oxygens (including phenoxy) is 1. The number of esters is 1. The van der Waals surface area contributed by atoms with Gasteiger partial charge in [-0.3, -0.25) is 0 Å². The van der Waals surface area contributed by atoms with Gasteiger partial charge in [-0.05, 0) is 65.3 Å². The zero-order chi connectivity index (χ0) is 21.4.